The maximum Gasteiger partial charge on any atom is 0.410 e. The molecule has 30 heavy (non-hydrogen) atoms. The molecular weight excluding hydrogens is 398 g/mol. The molecule has 1 amide bonds. The zero-order valence-corrected chi connectivity index (χ0v) is 19.7. The minimum Gasteiger partial charge on any atom is -0.598 e. The summed E-state index contributed by atoms with van der Waals surface area (Å²) in [5.41, 5.74) is 2.26. The van der Waals surface area contributed by atoms with Crippen LogP contribution in [0.15, 0.2) is 18.2 Å². The summed E-state index contributed by atoms with van der Waals surface area (Å²) in [6.45, 7) is 12.7. The van der Waals surface area contributed by atoms with E-state index in [2.05, 4.69) is 10.8 Å². The fraction of sp³-hybridized carbons (Fsp3) is 0.652. The van der Waals surface area contributed by atoms with E-state index in [1.807, 2.05) is 59.7 Å². The van der Waals surface area contributed by atoms with Crippen molar-refractivity contribution in [1.29, 1.82) is 5.26 Å². The standard InChI is InChI=1S/C23H33N3O3S/c1-21(2,3)29-20(27)26-11-9-23(10-12-26)14-17-13-16(15-24)7-8-18(17)19(23)25-30(28)22(4,5)6/h7-8,13,19,25H,9-12,14H2,1-6H3/t19-,30?/m1/s1. The average molecular weight is 432 g/mol. The Hall–Kier alpha value is -1.75. The van der Waals surface area contributed by atoms with Gasteiger partial charge in [0.05, 0.1) is 17.7 Å². The molecule has 7 heteroatoms. The molecule has 1 spiro atoms. The van der Waals surface area contributed by atoms with Gasteiger partial charge in [-0.1, -0.05) is 6.07 Å². The topological polar surface area (TPSA) is 88.4 Å². The van der Waals surface area contributed by atoms with E-state index in [0.717, 1.165) is 30.4 Å². The molecule has 1 heterocycles. The number of piperidine rings is 1. The molecule has 164 valence electrons. The molecular formula is C23H33N3O3S. The lowest BCUT2D eigenvalue weighted by Crippen LogP contribution is -2.51. The highest BCUT2D eigenvalue weighted by Gasteiger charge is 2.51. The highest BCUT2D eigenvalue weighted by molar-refractivity contribution is 7.90. The third-order valence-electron chi connectivity index (χ3n) is 5.93. The Morgan fingerprint density at radius 3 is 2.43 bits per heavy atom. The quantitative estimate of drug-likeness (QED) is 0.708. The normalized spacial score (nSPS) is 21.8. The van der Waals surface area contributed by atoms with Gasteiger partial charge in [-0.2, -0.15) is 5.26 Å². The van der Waals surface area contributed by atoms with E-state index in [4.69, 9.17) is 4.74 Å². The molecule has 0 bridgehead atoms. The monoisotopic (exact) mass is 431 g/mol. The lowest BCUT2D eigenvalue weighted by Gasteiger charge is -2.43. The van der Waals surface area contributed by atoms with Crippen LogP contribution in [-0.4, -0.2) is 39.0 Å². The van der Waals surface area contributed by atoms with Gasteiger partial charge in [0.2, 0.25) is 0 Å². The lowest BCUT2D eigenvalue weighted by atomic mass is 9.73. The number of ether oxygens (including phenoxy) is 1. The van der Waals surface area contributed by atoms with E-state index in [-0.39, 0.29) is 22.3 Å². The Balaban J connectivity index is 1.84. The molecule has 0 radical (unpaired) electrons. The summed E-state index contributed by atoms with van der Waals surface area (Å²) in [4.78, 5) is 14.3. The van der Waals surface area contributed by atoms with E-state index in [9.17, 15) is 14.6 Å². The number of rotatable bonds is 2. The Morgan fingerprint density at radius 1 is 1.27 bits per heavy atom. The zero-order chi connectivity index (χ0) is 22.3. The largest absolute Gasteiger partial charge is 0.598 e. The van der Waals surface area contributed by atoms with Gasteiger partial charge in [-0.05, 0) is 84.1 Å². The number of hydrogen-bond donors (Lipinski definition) is 1. The fourth-order valence-corrected chi connectivity index (χ4v) is 5.26. The number of nitrogens with zero attached hydrogens (tertiary/aromatic N) is 2. The van der Waals surface area contributed by atoms with E-state index >= 15 is 0 Å². The maximum atomic E-state index is 13.0. The summed E-state index contributed by atoms with van der Waals surface area (Å²) in [6.07, 6.45) is 2.13. The second-order valence-corrected chi connectivity index (χ2v) is 12.5. The van der Waals surface area contributed by atoms with Crippen LogP contribution in [0.3, 0.4) is 0 Å². The number of carbonyl (C=O) groups excluding carboxylic acids is 1. The van der Waals surface area contributed by atoms with Crippen molar-refractivity contribution >= 4 is 17.5 Å². The van der Waals surface area contributed by atoms with Crippen molar-refractivity contribution in [2.45, 2.75) is 77.2 Å². The molecule has 6 nitrogen and oxygen atoms in total. The Kier molecular flexibility index (Phi) is 6.16. The van der Waals surface area contributed by atoms with Crippen molar-refractivity contribution < 1.29 is 14.1 Å². The number of carbonyl (C=O) groups is 1. The van der Waals surface area contributed by atoms with Crippen LogP contribution in [0, 0.1) is 16.7 Å². The van der Waals surface area contributed by atoms with E-state index < -0.39 is 17.0 Å². The lowest BCUT2D eigenvalue weighted by molar-refractivity contribution is 0.00716. The first-order valence-corrected chi connectivity index (χ1v) is 11.7. The van der Waals surface area contributed by atoms with Crippen LogP contribution in [0.5, 0.6) is 0 Å². The summed E-state index contributed by atoms with van der Waals surface area (Å²) in [5, 5.41) is 9.31. The maximum absolute atomic E-state index is 13.0. The van der Waals surface area contributed by atoms with Gasteiger partial charge in [0.15, 0.2) is 0 Å². The van der Waals surface area contributed by atoms with Crippen LogP contribution >= 0.6 is 0 Å². The van der Waals surface area contributed by atoms with Crippen LogP contribution in [0.2, 0.25) is 0 Å². The van der Waals surface area contributed by atoms with Gasteiger partial charge >= 0.3 is 6.09 Å². The third-order valence-corrected chi connectivity index (χ3v) is 7.49. The van der Waals surface area contributed by atoms with Gasteiger partial charge in [0, 0.05) is 29.9 Å². The van der Waals surface area contributed by atoms with Gasteiger partial charge in [0.25, 0.3) is 0 Å². The minimum absolute atomic E-state index is 0.0684. The third kappa shape index (κ3) is 4.77. The predicted molar refractivity (Wildman–Crippen MR) is 118 cm³/mol. The highest BCUT2D eigenvalue weighted by Crippen LogP contribution is 2.52. The molecule has 0 saturated carbocycles. The molecule has 0 aromatic heterocycles. The molecule has 2 atom stereocenters. The smallest absolute Gasteiger partial charge is 0.410 e. The van der Waals surface area contributed by atoms with Crippen LogP contribution in [0.1, 0.15) is 77.1 Å². The van der Waals surface area contributed by atoms with Gasteiger partial charge in [-0.25, -0.2) is 4.79 Å². The first-order valence-electron chi connectivity index (χ1n) is 10.5. The molecule has 2 aliphatic rings. The van der Waals surface area contributed by atoms with Crippen LogP contribution in [-0.2, 0) is 22.5 Å². The van der Waals surface area contributed by atoms with E-state index in [0.29, 0.717) is 18.7 Å². The van der Waals surface area contributed by atoms with Crippen molar-refractivity contribution in [2.24, 2.45) is 5.41 Å². The number of nitrogens with one attached hydrogen (secondary N) is 1. The molecule has 1 unspecified atom stereocenters. The summed E-state index contributed by atoms with van der Waals surface area (Å²) in [7, 11) is 0. The number of amides is 1. The SMILES string of the molecule is CC(C)(C)OC(=O)N1CCC2(CC1)Cc1cc(C#N)ccc1[C@H]2N[S+]([O-])C(C)(C)C. The van der Waals surface area contributed by atoms with E-state index in [1.54, 1.807) is 4.90 Å². The van der Waals surface area contributed by atoms with Crippen LogP contribution < -0.4 is 4.72 Å². The minimum atomic E-state index is -1.22. The van der Waals surface area contributed by atoms with Crippen molar-refractivity contribution in [3.05, 3.63) is 34.9 Å². The summed E-state index contributed by atoms with van der Waals surface area (Å²) >= 11 is -1.22. The number of benzene rings is 1. The average Bonchev–Trinajstić information content (AvgIpc) is 2.92. The molecule has 1 aromatic carbocycles. The molecule has 1 aromatic rings. The van der Waals surface area contributed by atoms with Crippen molar-refractivity contribution in [1.82, 2.24) is 9.62 Å². The number of fused-ring (bicyclic) bond motifs is 1. The van der Waals surface area contributed by atoms with Crippen LogP contribution in [0.4, 0.5) is 4.79 Å². The first kappa shape index (κ1) is 22.9. The van der Waals surface area contributed by atoms with Gasteiger partial charge in [-0.15, -0.1) is 4.72 Å². The summed E-state index contributed by atoms with van der Waals surface area (Å²) in [5.74, 6) is 0. The zero-order valence-electron chi connectivity index (χ0n) is 18.9. The first-order chi connectivity index (χ1) is 13.8. The number of likely N-dealkylation sites (tertiary alicyclic amines) is 1. The predicted octanol–water partition coefficient (Wildman–Crippen LogP) is 4.22. The van der Waals surface area contributed by atoms with Crippen molar-refractivity contribution in [3.8, 4) is 6.07 Å². The molecule has 1 N–H and O–H groups in total. The second-order valence-electron chi connectivity index (χ2n) is 10.5. The molecule has 3 rings (SSSR count). The fourth-order valence-electron chi connectivity index (χ4n) is 4.32. The Labute approximate surface area is 183 Å². The van der Waals surface area contributed by atoms with Crippen molar-refractivity contribution in [3.63, 3.8) is 0 Å². The summed E-state index contributed by atoms with van der Waals surface area (Å²) in [6, 6.07) is 7.95. The summed E-state index contributed by atoms with van der Waals surface area (Å²) < 4.78 is 21.5. The second kappa shape index (κ2) is 8.07. The van der Waals surface area contributed by atoms with Gasteiger partial charge < -0.3 is 14.2 Å². The molecule has 1 aliphatic carbocycles. The molecule has 1 saturated heterocycles. The van der Waals surface area contributed by atoms with Gasteiger partial charge in [-0.3, -0.25) is 0 Å². The number of nitriles is 1. The van der Waals surface area contributed by atoms with Gasteiger partial charge in [0.1, 0.15) is 10.3 Å². The van der Waals surface area contributed by atoms with E-state index in [1.165, 1.54) is 0 Å². The van der Waals surface area contributed by atoms with Crippen LogP contribution in [0.25, 0.3) is 0 Å². The Morgan fingerprint density at radius 2 is 1.90 bits per heavy atom. The number of hydrogen-bond acceptors (Lipinski definition) is 5. The van der Waals surface area contributed by atoms with Crippen molar-refractivity contribution in [2.75, 3.05) is 13.1 Å². The molecule has 1 fully saturated rings. The molecule has 1 aliphatic heterocycles. The highest BCUT2D eigenvalue weighted by atomic mass is 32.2. The Bertz CT molecular complexity index is 843.